The van der Waals surface area contributed by atoms with Crippen LogP contribution in [0.5, 0.6) is 0 Å². The summed E-state index contributed by atoms with van der Waals surface area (Å²) in [5, 5.41) is 0. The zero-order chi connectivity index (χ0) is 11.9. The van der Waals surface area contributed by atoms with Crippen LogP contribution in [0.3, 0.4) is 0 Å². The Morgan fingerprint density at radius 2 is 1.75 bits per heavy atom. The second-order valence-electron chi connectivity index (χ2n) is 4.87. The smallest absolute Gasteiger partial charge is 0.164 e. The van der Waals surface area contributed by atoms with Crippen LogP contribution in [-0.2, 0) is 9.53 Å². The van der Waals surface area contributed by atoms with Gasteiger partial charge in [-0.3, -0.25) is 4.79 Å². The molecule has 1 aliphatic rings. The molecule has 1 fully saturated rings. The molecule has 0 amide bonds. The Kier molecular flexibility index (Phi) is 6.04. The lowest BCUT2D eigenvalue weighted by Crippen LogP contribution is -2.41. The molecule has 0 spiro atoms. The van der Waals surface area contributed by atoms with Gasteiger partial charge in [-0.2, -0.15) is 0 Å². The number of Topliss-reactive ketones (excluding diaryl/α,β-unsaturated/α-hetero) is 1. The molecule has 2 heteroatoms. The molecular formula is C14H26O2. The molecule has 0 heterocycles. The second-order valence-corrected chi connectivity index (χ2v) is 4.87. The van der Waals surface area contributed by atoms with Crippen LogP contribution in [-0.4, -0.2) is 18.0 Å². The first-order chi connectivity index (χ1) is 7.75. The van der Waals surface area contributed by atoms with E-state index in [-0.39, 0.29) is 0 Å². The maximum Gasteiger partial charge on any atom is 0.164 e. The first kappa shape index (κ1) is 13.7. The van der Waals surface area contributed by atoms with Crippen LogP contribution in [0.2, 0.25) is 0 Å². The number of ether oxygens (including phenoxy) is 1. The second kappa shape index (κ2) is 7.05. The highest BCUT2D eigenvalue weighted by Crippen LogP contribution is 2.32. The van der Waals surface area contributed by atoms with Gasteiger partial charge >= 0.3 is 0 Å². The molecule has 16 heavy (non-hydrogen) atoms. The van der Waals surface area contributed by atoms with Crippen LogP contribution in [0.15, 0.2) is 0 Å². The van der Waals surface area contributed by atoms with Crippen LogP contribution in [0, 0.1) is 0 Å². The van der Waals surface area contributed by atoms with E-state index in [1.54, 1.807) is 0 Å². The molecule has 0 aliphatic heterocycles. The lowest BCUT2D eigenvalue weighted by atomic mass is 9.87. The molecule has 0 saturated heterocycles. The lowest BCUT2D eigenvalue weighted by Gasteiger charge is -2.31. The highest BCUT2D eigenvalue weighted by atomic mass is 16.5. The van der Waals surface area contributed by atoms with E-state index in [0.717, 1.165) is 38.5 Å². The molecule has 0 radical (unpaired) electrons. The number of ketones is 1. The van der Waals surface area contributed by atoms with E-state index < -0.39 is 5.60 Å². The van der Waals surface area contributed by atoms with Crippen molar-refractivity contribution in [1.82, 2.24) is 0 Å². The van der Waals surface area contributed by atoms with E-state index in [1.807, 2.05) is 6.92 Å². The van der Waals surface area contributed by atoms with Crippen molar-refractivity contribution in [2.45, 2.75) is 77.2 Å². The summed E-state index contributed by atoms with van der Waals surface area (Å²) in [5.41, 5.74) is -0.416. The van der Waals surface area contributed by atoms with Crippen molar-refractivity contribution < 1.29 is 9.53 Å². The highest BCUT2D eigenvalue weighted by Gasteiger charge is 2.38. The Morgan fingerprint density at radius 3 is 2.25 bits per heavy atom. The van der Waals surface area contributed by atoms with Crippen LogP contribution < -0.4 is 0 Å². The maximum atomic E-state index is 12.3. The summed E-state index contributed by atoms with van der Waals surface area (Å²) in [5.74, 6) is 0.359. The van der Waals surface area contributed by atoms with Gasteiger partial charge in [0.15, 0.2) is 5.78 Å². The van der Waals surface area contributed by atoms with E-state index in [0.29, 0.717) is 18.8 Å². The zero-order valence-electron chi connectivity index (χ0n) is 10.9. The Balaban J connectivity index is 2.64. The topological polar surface area (TPSA) is 26.3 Å². The Hall–Kier alpha value is -0.370. The minimum Gasteiger partial charge on any atom is -0.368 e. The van der Waals surface area contributed by atoms with Gasteiger partial charge in [0.2, 0.25) is 0 Å². The molecule has 0 aromatic heterocycles. The van der Waals surface area contributed by atoms with Crippen molar-refractivity contribution in [3.63, 3.8) is 0 Å². The predicted octanol–water partition coefficient (Wildman–Crippen LogP) is 3.88. The van der Waals surface area contributed by atoms with Crippen LogP contribution in [0.4, 0.5) is 0 Å². The van der Waals surface area contributed by atoms with Gasteiger partial charge in [-0.15, -0.1) is 0 Å². The fourth-order valence-electron chi connectivity index (χ4n) is 2.64. The van der Waals surface area contributed by atoms with Crippen molar-refractivity contribution in [3.8, 4) is 0 Å². The Labute approximate surface area is 99.8 Å². The standard InChI is InChI=1S/C14H26O2/c1-3-5-10-13(15)14(16-4-2)11-8-6-7-9-12-14/h3-12H2,1-2H3. The van der Waals surface area contributed by atoms with Crippen LogP contribution in [0.25, 0.3) is 0 Å². The van der Waals surface area contributed by atoms with Gasteiger partial charge < -0.3 is 4.74 Å². The van der Waals surface area contributed by atoms with E-state index in [1.165, 1.54) is 12.8 Å². The number of hydrogen-bond acceptors (Lipinski definition) is 2. The van der Waals surface area contributed by atoms with Crippen LogP contribution >= 0.6 is 0 Å². The molecule has 2 nitrogen and oxygen atoms in total. The number of rotatable bonds is 6. The van der Waals surface area contributed by atoms with Gasteiger partial charge in [0.1, 0.15) is 5.60 Å². The fraction of sp³-hybridized carbons (Fsp3) is 0.929. The zero-order valence-corrected chi connectivity index (χ0v) is 10.9. The summed E-state index contributed by atoms with van der Waals surface area (Å²) in [6.45, 7) is 4.80. The van der Waals surface area contributed by atoms with Gasteiger partial charge in [0.05, 0.1) is 0 Å². The quantitative estimate of drug-likeness (QED) is 0.642. The minimum absolute atomic E-state index is 0.359. The van der Waals surface area contributed by atoms with Gasteiger partial charge in [0, 0.05) is 13.0 Å². The molecule has 0 aromatic carbocycles. The normalized spacial score (nSPS) is 20.4. The molecule has 0 N–H and O–H groups in total. The van der Waals surface area contributed by atoms with E-state index in [2.05, 4.69) is 6.92 Å². The summed E-state index contributed by atoms with van der Waals surface area (Å²) in [6.07, 6.45) is 9.52. The van der Waals surface area contributed by atoms with Crippen molar-refractivity contribution in [3.05, 3.63) is 0 Å². The van der Waals surface area contributed by atoms with Crippen molar-refractivity contribution >= 4 is 5.78 Å². The summed E-state index contributed by atoms with van der Waals surface area (Å²) in [4.78, 5) is 12.3. The third-order valence-corrected chi connectivity index (χ3v) is 3.60. The molecule has 1 saturated carbocycles. The molecule has 1 aliphatic carbocycles. The Bertz CT molecular complexity index is 203. The summed E-state index contributed by atoms with van der Waals surface area (Å²) in [6, 6.07) is 0. The first-order valence-corrected chi connectivity index (χ1v) is 6.92. The average molecular weight is 226 g/mol. The number of carbonyl (C=O) groups is 1. The van der Waals surface area contributed by atoms with E-state index in [4.69, 9.17) is 4.74 Å². The first-order valence-electron chi connectivity index (χ1n) is 6.92. The van der Waals surface area contributed by atoms with Gasteiger partial charge in [-0.1, -0.05) is 39.0 Å². The molecule has 0 bridgehead atoms. The third kappa shape index (κ3) is 3.58. The predicted molar refractivity (Wildman–Crippen MR) is 66.6 cm³/mol. The largest absolute Gasteiger partial charge is 0.368 e. The summed E-state index contributed by atoms with van der Waals surface area (Å²) in [7, 11) is 0. The minimum atomic E-state index is -0.416. The number of hydrogen-bond donors (Lipinski definition) is 0. The maximum absolute atomic E-state index is 12.3. The number of unbranched alkanes of at least 4 members (excludes halogenated alkanes) is 1. The monoisotopic (exact) mass is 226 g/mol. The average Bonchev–Trinajstić information content (AvgIpc) is 2.53. The molecule has 94 valence electrons. The number of carbonyl (C=O) groups excluding carboxylic acids is 1. The SMILES string of the molecule is CCCCC(=O)C1(OCC)CCCCCC1. The molecule has 1 rings (SSSR count). The molecule has 0 atom stereocenters. The van der Waals surface area contributed by atoms with E-state index >= 15 is 0 Å². The third-order valence-electron chi connectivity index (χ3n) is 3.60. The highest BCUT2D eigenvalue weighted by molar-refractivity contribution is 5.87. The van der Waals surface area contributed by atoms with Gasteiger partial charge in [0.25, 0.3) is 0 Å². The fourth-order valence-corrected chi connectivity index (χ4v) is 2.64. The van der Waals surface area contributed by atoms with Gasteiger partial charge in [-0.25, -0.2) is 0 Å². The van der Waals surface area contributed by atoms with Crippen molar-refractivity contribution in [2.75, 3.05) is 6.61 Å². The summed E-state index contributed by atoms with van der Waals surface area (Å²) < 4.78 is 5.86. The van der Waals surface area contributed by atoms with Crippen LogP contribution in [0.1, 0.15) is 71.6 Å². The lowest BCUT2D eigenvalue weighted by molar-refractivity contribution is -0.146. The molecule has 0 unspecified atom stereocenters. The van der Waals surface area contributed by atoms with Crippen molar-refractivity contribution in [1.29, 1.82) is 0 Å². The summed E-state index contributed by atoms with van der Waals surface area (Å²) >= 11 is 0. The Morgan fingerprint density at radius 1 is 1.12 bits per heavy atom. The van der Waals surface area contributed by atoms with Gasteiger partial charge in [-0.05, 0) is 26.2 Å². The van der Waals surface area contributed by atoms with E-state index in [9.17, 15) is 4.79 Å². The molecular weight excluding hydrogens is 200 g/mol. The van der Waals surface area contributed by atoms with Crippen molar-refractivity contribution in [2.24, 2.45) is 0 Å². The molecule has 0 aromatic rings.